The molecule has 0 saturated heterocycles. The molecule has 0 radical (unpaired) electrons. The molecular formula is C25H19Cl2NO. The number of carbonyl (C=O) groups is 1. The summed E-state index contributed by atoms with van der Waals surface area (Å²) < 4.78 is 0. The highest BCUT2D eigenvalue weighted by Gasteiger charge is 2.18. The second-order valence-electron chi connectivity index (χ2n) is 6.95. The van der Waals surface area contributed by atoms with E-state index in [0.717, 1.165) is 22.0 Å². The van der Waals surface area contributed by atoms with Gasteiger partial charge in [-0.3, -0.25) is 4.79 Å². The first-order chi connectivity index (χ1) is 14.1. The van der Waals surface area contributed by atoms with E-state index in [1.165, 1.54) is 0 Å². The molecule has 1 atom stereocenters. The van der Waals surface area contributed by atoms with Crippen molar-refractivity contribution in [3.63, 3.8) is 0 Å². The monoisotopic (exact) mass is 419 g/mol. The summed E-state index contributed by atoms with van der Waals surface area (Å²) in [5.41, 5.74) is 2.56. The summed E-state index contributed by atoms with van der Waals surface area (Å²) in [6.45, 7) is 0. The zero-order chi connectivity index (χ0) is 20.2. The third-order valence-corrected chi connectivity index (χ3v) is 5.39. The number of carbonyl (C=O) groups excluding carboxylic acids is 1. The average Bonchev–Trinajstić information content (AvgIpc) is 2.73. The first kappa shape index (κ1) is 19.5. The Morgan fingerprint density at radius 3 is 2.28 bits per heavy atom. The van der Waals surface area contributed by atoms with Crippen LogP contribution in [0.3, 0.4) is 0 Å². The Kier molecular flexibility index (Phi) is 5.84. The Balaban J connectivity index is 1.62. The summed E-state index contributed by atoms with van der Waals surface area (Å²) in [6.07, 6.45) is 0.312. The number of hydrogen-bond acceptors (Lipinski definition) is 2. The molecule has 2 nitrogen and oxygen atoms in total. The van der Waals surface area contributed by atoms with Crippen LogP contribution in [-0.4, -0.2) is 5.78 Å². The molecule has 0 aliphatic rings. The van der Waals surface area contributed by atoms with Gasteiger partial charge < -0.3 is 5.32 Å². The van der Waals surface area contributed by atoms with E-state index in [9.17, 15) is 4.79 Å². The Labute approximate surface area is 180 Å². The van der Waals surface area contributed by atoms with Gasteiger partial charge in [0.1, 0.15) is 0 Å². The number of Topliss-reactive ketones (excluding diaryl/α,β-unsaturated/α-hetero) is 1. The molecule has 0 aromatic heterocycles. The van der Waals surface area contributed by atoms with E-state index in [2.05, 4.69) is 5.32 Å². The zero-order valence-corrected chi connectivity index (χ0v) is 17.1. The number of rotatable bonds is 6. The van der Waals surface area contributed by atoms with Crippen LogP contribution < -0.4 is 5.32 Å². The quantitative estimate of drug-likeness (QED) is 0.326. The SMILES string of the molecule is O=C(CC(Nc1cccc(Cl)c1)c1ccc(Cl)cc1)c1ccc2ccccc2c1. The highest BCUT2D eigenvalue weighted by Crippen LogP contribution is 2.27. The van der Waals surface area contributed by atoms with Gasteiger partial charge in [0.2, 0.25) is 0 Å². The molecule has 144 valence electrons. The van der Waals surface area contributed by atoms with E-state index < -0.39 is 0 Å². The van der Waals surface area contributed by atoms with Gasteiger partial charge in [-0.1, -0.05) is 77.8 Å². The minimum absolute atomic E-state index is 0.0743. The normalized spacial score (nSPS) is 11.9. The maximum Gasteiger partial charge on any atom is 0.165 e. The molecular weight excluding hydrogens is 401 g/mol. The highest BCUT2D eigenvalue weighted by molar-refractivity contribution is 6.31. The number of ketones is 1. The lowest BCUT2D eigenvalue weighted by Gasteiger charge is -2.20. The smallest absolute Gasteiger partial charge is 0.165 e. The summed E-state index contributed by atoms with van der Waals surface area (Å²) in [7, 11) is 0. The fourth-order valence-corrected chi connectivity index (χ4v) is 3.71. The maximum absolute atomic E-state index is 13.1. The van der Waals surface area contributed by atoms with E-state index in [0.29, 0.717) is 22.0 Å². The molecule has 0 fully saturated rings. The minimum atomic E-state index is -0.204. The van der Waals surface area contributed by atoms with E-state index in [4.69, 9.17) is 23.2 Å². The van der Waals surface area contributed by atoms with Crippen LogP contribution >= 0.6 is 23.2 Å². The standard InChI is InChI=1S/C25H19Cl2NO/c26-21-12-10-18(11-13-21)24(28-23-7-3-6-22(27)15-23)16-25(29)20-9-8-17-4-1-2-5-19(17)14-20/h1-15,24,28H,16H2. The minimum Gasteiger partial charge on any atom is -0.378 e. The summed E-state index contributed by atoms with van der Waals surface area (Å²) in [6, 6.07) is 28.7. The lowest BCUT2D eigenvalue weighted by atomic mass is 9.96. The molecule has 4 aromatic carbocycles. The first-order valence-electron chi connectivity index (χ1n) is 9.38. The molecule has 1 N–H and O–H groups in total. The molecule has 0 aliphatic carbocycles. The number of halogens is 2. The van der Waals surface area contributed by atoms with Gasteiger partial charge in [0, 0.05) is 27.7 Å². The second kappa shape index (κ2) is 8.69. The summed E-state index contributed by atoms with van der Waals surface area (Å²) in [5, 5.41) is 6.93. The molecule has 0 bridgehead atoms. The van der Waals surface area contributed by atoms with E-state index in [1.54, 1.807) is 0 Å². The van der Waals surface area contributed by atoms with Crippen LogP contribution in [0.5, 0.6) is 0 Å². The largest absolute Gasteiger partial charge is 0.378 e. The average molecular weight is 420 g/mol. The van der Waals surface area contributed by atoms with Crippen LogP contribution in [0.2, 0.25) is 10.0 Å². The van der Waals surface area contributed by atoms with Crippen LogP contribution in [0.1, 0.15) is 28.4 Å². The van der Waals surface area contributed by atoms with Crippen molar-refractivity contribution in [3.8, 4) is 0 Å². The third kappa shape index (κ3) is 4.79. The Hall–Kier alpha value is -2.81. The lowest BCUT2D eigenvalue weighted by molar-refractivity contribution is 0.0976. The van der Waals surface area contributed by atoms with Gasteiger partial charge in [-0.25, -0.2) is 0 Å². The summed E-state index contributed by atoms with van der Waals surface area (Å²) >= 11 is 12.2. The van der Waals surface area contributed by atoms with E-state index in [-0.39, 0.29) is 11.8 Å². The van der Waals surface area contributed by atoms with Gasteiger partial charge in [0.05, 0.1) is 6.04 Å². The van der Waals surface area contributed by atoms with Gasteiger partial charge in [-0.15, -0.1) is 0 Å². The fourth-order valence-electron chi connectivity index (χ4n) is 3.39. The fraction of sp³-hybridized carbons (Fsp3) is 0.0800. The van der Waals surface area contributed by atoms with Crippen LogP contribution in [-0.2, 0) is 0 Å². The van der Waals surface area contributed by atoms with Crippen molar-refractivity contribution in [2.45, 2.75) is 12.5 Å². The lowest BCUT2D eigenvalue weighted by Crippen LogP contribution is -2.16. The first-order valence-corrected chi connectivity index (χ1v) is 10.1. The predicted molar refractivity (Wildman–Crippen MR) is 122 cm³/mol. The molecule has 0 amide bonds. The number of nitrogens with one attached hydrogen (secondary N) is 1. The number of hydrogen-bond donors (Lipinski definition) is 1. The predicted octanol–water partition coefficient (Wildman–Crippen LogP) is 7.57. The van der Waals surface area contributed by atoms with Crippen molar-refractivity contribution in [2.75, 3.05) is 5.32 Å². The Morgan fingerprint density at radius 1 is 0.759 bits per heavy atom. The van der Waals surface area contributed by atoms with Crippen molar-refractivity contribution >= 4 is 45.4 Å². The molecule has 0 saturated carbocycles. The van der Waals surface area contributed by atoms with Crippen LogP contribution in [0.25, 0.3) is 10.8 Å². The number of fused-ring (bicyclic) bond motifs is 1. The van der Waals surface area contributed by atoms with Gasteiger partial charge >= 0.3 is 0 Å². The number of benzene rings is 4. The van der Waals surface area contributed by atoms with Crippen LogP contribution in [0.4, 0.5) is 5.69 Å². The Morgan fingerprint density at radius 2 is 1.52 bits per heavy atom. The molecule has 4 heteroatoms. The van der Waals surface area contributed by atoms with Gasteiger partial charge in [0.25, 0.3) is 0 Å². The van der Waals surface area contributed by atoms with Gasteiger partial charge in [0.15, 0.2) is 5.78 Å². The van der Waals surface area contributed by atoms with Crippen molar-refractivity contribution in [2.24, 2.45) is 0 Å². The summed E-state index contributed by atoms with van der Waals surface area (Å²) in [5.74, 6) is 0.0743. The van der Waals surface area contributed by atoms with Crippen molar-refractivity contribution in [3.05, 3.63) is 112 Å². The molecule has 4 aromatic rings. The van der Waals surface area contributed by atoms with Gasteiger partial charge in [-0.2, -0.15) is 0 Å². The summed E-state index contributed by atoms with van der Waals surface area (Å²) in [4.78, 5) is 13.1. The van der Waals surface area contributed by atoms with Crippen LogP contribution in [0, 0.1) is 0 Å². The van der Waals surface area contributed by atoms with Crippen LogP contribution in [0.15, 0.2) is 91.0 Å². The molecule has 4 rings (SSSR count). The molecule has 29 heavy (non-hydrogen) atoms. The highest BCUT2D eigenvalue weighted by atomic mass is 35.5. The van der Waals surface area contributed by atoms with Crippen molar-refractivity contribution in [1.29, 1.82) is 0 Å². The molecule has 1 unspecified atom stereocenters. The molecule has 0 aliphatic heterocycles. The third-order valence-electron chi connectivity index (χ3n) is 4.90. The van der Waals surface area contributed by atoms with Gasteiger partial charge in [-0.05, 0) is 52.7 Å². The molecule has 0 spiro atoms. The maximum atomic E-state index is 13.1. The topological polar surface area (TPSA) is 29.1 Å². The van der Waals surface area contributed by atoms with E-state index >= 15 is 0 Å². The number of anilines is 1. The van der Waals surface area contributed by atoms with Crippen molar-refractivity contribution in [1.82, 2.24) is 0 Å². The zero-order valence-electron chi connectivity index (χ0n) is 15.6. The molecule has 0 heterocycles. The van der Waals surface area contributed by atoms with E-state index in [1.807, 2.05) is 91.0 Å². The van der Waals surface area contributed by atoms with Crippen molar-refractivity contribution < 1.29 is 4.79 Å². The second-order valence-corrected chi connectivity index (χ2v) is 7.82. The Bertz CT molecular complexity index is 1150.